The molecule has 2 saturated heterocycles. The quantitative estimate of drug-likeness (QED) is 0.846. The van der Waals surface area contributed by atoms with Gasteiger partial charge in [0.05, 0.1) is 0 Å². The van der Waals surface area contributed by atoms with E-state index in [2.05, 4.69) is 10.3 Å². The summed E-state index contributed by atoms with van der Waals surface area (Å²) in [5.74, 6) is 0.424. The van der Waals surface area contributed by atoms with Gasteiger partial charge >= 0.3 is 0 Å². The number of nitrogens with zero attached hydrogens (tertiary/aromatic N) is 3. The zero-order valence-electron chi connectivity index (χ0n) is 17.1. The number of hydrogen-bond acceptors (Lipinski definition) is 4. The van der Waals surface area contributed by atoms with E-state index in [4.69, 9.17) is 0 Å². The standard InChI is InChI=1S/C23H26N4O3/c1-16-7-8-20(24-15-16)25-22(29)17-9-12-26(13-10-17)23(30)18-4-2-5-19(14-18)27-11-3-6-21(27)28/h2,4-5,7-8,14-15,17H,3,6,9-13H2,1H3,(H,24,25,29). The highest BCUT2D eigenvalue weighted by molar-refractivity contribution is 5.99. The van der Waals surface area contributed by atoms with E-state index < -0.39 is 0 Å². The number of hydrogen-bond donors (Lipinski definition) is 1. The maximum absolute atomic E-state index is 13.0. The molecular formula is C23H26N4O3. The number of aryl methyl sites for hydroxylation is 1. The highest BCUT2D eigenvalue weighted by atomic mass is 16.2. The zero-order chi connectivity index (χ0) is 21.1. The molecule has 2 aliphatic heterocycles. The molecule has 3 amide bonds. The molecule has 2 aromatic rings. The van der Waals surface area contributed by atoms with Gasteiger partial charge in [0.25, 0.3) is 5.91 Å². The average molecular weight is 406 g/mol. The van der Waals surface area contributed by atoms with Crippen LogP contribution in [0.25, 0.3) is 0 Å². The highest BCUT2D eigenvalue weighted by Crippen LogP contribution is 2.25. The van der Waals surface area contributed by atoms with Gasteiger partial charge in [-0.1, -0.05) is 12.1 Å². The predicted octanol–water partition coefficient (Wildman–Crippen LogP) is 3.01. The summed E-state index contributed by atoms with van der Waals surface area (Å²) in [4.78, 5) is 45.2. The van der Waals surface area contributed by atoms with Crippen LogP contribution in [0.2, 0.25) is 0 Å². The van der Waals surface area contributed by atoms with E-state index in [-0.39, 0.29) is 23.6 Å². The fourth-order valence-corrected chi connectivity index (χ4v) is 4.03. The lowest BCUT2D eigenvalue weighted by atomic mass is 9.95. The van der Waals surface area contributed by atoms with E-state index >= 15 is 0 Å². The molecule has 1 N–H and O–H groups in total. The van der Waals surface area contributed by atoms with E-state index in [0.717, 1.165) is 17.7 Å². The summed E-state index contributed by atoms with van der Waals surface area (Å²) < 4.78 is 0. The van der Waals surface area contributed by atoms with Gasteiger partial charge in [-0.05, 0) is 56.0 Å². The zero-order valence-corrected chi connectivity index (χ0v) is 17.1. The van der Waals surface area contributed by atoms with Crippen molar-refractivity contribution in [1.82, 2.24) is 9.88 Å². The van der Waals surface area contributed by atoms with Crippen molar-refractivity contribution in [3.8, 4) is 0 Å². The van der Waals surface area contributed by atoms with Crippen LogP contribution in [-0.2, 0) is 9.59 Å². The molecule has 7 nitrogen and oxygen atoms in total. The first-order chi connectivity index (χ1) is 14.5. The van der Waals surface area contributed by atoms with Gasteiger partial charge in [-0.15, -0.1) is 0 Å². The first-order valence-corrected chi connectivity index (χ1v) is 10.4. The maximum Gasteiger partial charge on any atom is 0.253 e. The summed E-state index contributed by atoms with van der Waals surface area (Å²) in [5, 5.41) is 2.87. The molecule has 0 spiro atoms. The van der Waals surface area contributed by atoms with Gasteiger partial charge in [-0.3, -0.25) is 14.4 Å². The van der Waals surface area contributed by atoms with Crippen molar-refractivity contribution >= 4 is 29.2 Å². The van der Waals surface area contributed by atoms with Crippen molar-refractivity contribution < 1.29 is 14.4 Å². The van der Waals surface area contributed by atoms with Crippen LogP contribution in [0.15, 0.2) is 42.6 Å². The van der Waals surface area contributed by atoms with E-state index in [1.165, 1.54) is 0 Å². The predicted molar refractivity (Wildman–Crippen MR) is 114 cm³/mol. The van der Waals surface area contributed by atoms with E-state index in [1.54, 1.807) is 34.2 Å². The molecule has 156 valence electrons. The molecule has 1 aromatic carbocycles. The Hall–Kier alpha value is -3.22. The topological polar surface area (TPSA) is 82.6 Å². The third-order valence-electron chi connectivity index (χ3n) is 5.79. The van der Waals surface area contributed by atoms with E-state index in [1.807, 2.05) is 25.1 Å². The van der Waals surface area contributed by atoms with E-state index in [9.17, 15) is 14.4 Å². The molecular weight excluding hydrogens is 380 g/mol. The van der Waals surface area contributed by atoms with E-state index in [0.29, 0.717) is 50.3 Å². The Balaban J connectivity index is 1.34. The van der Waals surface area contributed by atoms with Gasteiger partial charge in [0.1, 0.15) is 5.82 Å². The number of likely N-dealkylation sites (tertiary alicyclic amines) is 1. The molecule has 0 unspecified atom stereocenters. The van der Waals surface area contributed by atoms with Gasteiger partial charge in [-0.2, -0.15) is 0 Å². The summed E-state index contributed by atoms with van der Waals surface area (Å²) in [6.07, 6.45) is 4.37. The van der Waals surface area contributed by atoms with Crippen molar-refractivity contribution in [1.29, 1.82) is 0 Å². The Morgan fingerprint density at radius 2 is 1.90 bits per heavy atom. The van der Waals surface area contributed by atoms with Crippen molar-refractivity contribution in [2.45, 2.75) is 32.6 Å². The number of rotatable bonds is 4. The lowest BCUT2D eigenvalue weighted by Gasteiger charge is -2.31. The summed E-state index contributed by atoms with van der Waals surface area (Å²) in [6, 6.07) is 11.0. The molecule has 0 radical (unpaired) electrons. The SMILES string of the molecule is Cc1ccc(NC(=O)C2CCN(C(=O)c3cccc(N4CCCC4=O)c3)CC2)nc1. The summed E-state index contributed by atoms with van der Waals surface area (Å²) in [6.45, 7) is 3.72. The van der Waals surface area contributed by atoms with Crippen LogP contribution in [0.1, 0.15) is 41.6 Å². The monoisotopic (exact) mass is 406 g/mol. The Morgan fingerprint density at radius 3 is 2.57 bits per heavy atom. The fourth-order valence-electron chi connectivity index (χ4n) is 4.03. The second-order valence-corrected chi connectivity index (χ2v) is 7.98. The maximum atomic E-state index is 13.0. The Morgan fingerprint density at radius 1 is 1.10 bits per heavy atom. The number of nitrogens with one attached hydrogen (secondary N) is 1. The normalized spacial score (nSPS) is 17.3. The van der Waals surface area contributed by atoms with Gasteiger partial charge < -0.3 is 15.1 Å². The van der Waals surface area contributed by atoms with Crippen LogP contribution in [0, 0.1) is 12.8 Å². The largest absolute Gasteiger partial charge is 0.339 e. The summed E-state index contributed by atoms with van der Waals surface area (Å²) in [5.41, 5.74) is 2.40. The molecule has 0 bridgehead atoms. The molecule has 7 heteroatoms. The highest BCUT2D eigenvalue weighted by Gasteiger charge is 2.29. The van der Waals surface area contributed by atoms with Crippen LogP contribution >= 0.6 is 0 Å². The number of anilines is 2. The van der Waals surface area contributed by atoms with Crippen molar-refractivity contribution in [2.24, 2.45) is 5.92 Å². The first kappa shape index (κ1) is 20.1. The third-order valence-corrected chi connectivity index (χ3v) is 5.79. The molecule has 4 rings (SSSR count). The first-order valence-electron chi connectivity index (χ1n) is 10.4. The van der Waals surface area contributed by atoms with Crippen LogP contribution in [0.5, 0.6) is 0 Å². The van der Waals surface area contributed by atoms with Gasteiger partial charge in [0.15, 0.2) is 0 Å². The second-order valence-electron chi connectivity index (χ2n) is 7.98. The molecule has 2 aliphatic rings. The Bertz CT molecular complexity index is 949. The fraction of sp³-hybridized carbons (Fsp3) is 0.391. The van der Waals surface area contributed by atoms with Crippen LogP contribution in [0.4, 0.5) is 11.5 Å². The van der Waals surface area contributed by atoms with Gasteiger partial charge in [0, 0.05) is 49.4 Å². The molecule has 1 aromatic heterocycles. The summed E-state index contributed by atoms with van der Waals surface area (Å²) >= 11 is 0. The molecule has 30 heavy (non-hydrogen) atoms. The second kappa shape index (κ2) is 8.65. The number of piperidine rings is 1. The van der Waals surface area contributed by atoms with Gasteiger partial charge in [-0.25, -0.2) is 4.98 Å². The van der Waals surface area contributed by atoms with Crippen LogP contribution < -0.4 is 10.2 Å². The third kappa shape index (κ3) is 4.35. The minimum absolute atomic E-state index is 0.0482. The number of aromatic nitrogens is 1. The Kier molecular flexibility index (Phi) is 5.79. The van der Waals surface area contributed by atoms with Crippen molar-refractivity contribution in [2.75, 3.05) is 29.9 Å². The minimum Gasteiger partial charge on any atom is -0.339 e. The smallest absolute Gasteiger partial charge is 0.253 e. The lowest BCUT2D eigenvalue weighted by Crippen LogP contribution is -2.41. The number of pyridine rings is 1. The molecule has 3 heterocycles. The van der Waals surface area contributed by atoms with Crippen molar-refractivity contribution in [3.05, 3.63) is 53.7 Å². The number of benzene rings is 1. The van der Waals surface area contributed by atoms with Crippen LogP contribution in [-0.4, -0.2) is 47.2 Å². The summed E-state index contributed by atoms with van der Waals surface area (Å²) in [7, 11) is 0. The molecule has 0 atom stereocenters. The Labute approximate surface area is 176 Å². The van der Waals surface area contributed by atoms with Crippen molar-refractivity contribution in [3.63, 3.8) is 0 Å². The average Bonchev–Trinajstić information content (AvgIpc) is 3.21. The minimum atomic E-state index is -0.134. The number of amides is 3. The molecule has 2 fully saturated rings. The lowest BCUT2D eigenvalue weighted by molar-refractivity contribution is -0.121. The molecule has 0 aliphatic carbocycles. The number of carbonyl (C=O) groups excluding carboxylic acids is 3. The van der Waals surface area contributed by atoms with Gasteiger partial charge in [0.2, 0.25) is 11.8 Å². The number of carbonyl (C=O) groups is 3. The van der Waals surface area contributed by atoms with Crippen LogP contribution in [0.3, 0.4) is 0 Å². The molecule has 0 saturated carbocycles.